The molecule has 76 valence electrons. The quantitative estimate of drug-likeness (QED) is 0.756. The molecule has 1 aromatic heterocycles. The van der Waals surface area contributed by atoms with E-state index in [0.717, 1.165) is 24.6 Å². The number of amides is 1. The van der Waals surface area contributed by atoms with E-state index in [0.29, 0.717) is 5.56 Å². The molecule has 1 aliphatic rings. The van der Waals surface area contributed by atoms with Gasteiger partial charge in [-0.1, -0.05) is 12.8 Å². The van der Waals surface area contributed by atoms with Gasteiger partial charge in [-0.3, -0.25) is 9.89 Å². The van der Waals surface area contributed by atoms with Gasteiger partial charge in [0.25, 0.3) is 5.91 Å². The van der Waals surface area contributed by atoms with Gasteiger partial charge in [-0.25, -0.2) is 0 Å². The van der Waals surface area contributed by atoms with E-state index >= 15 is 0 Å². The van der Waals surface area contributed by atoms with Gasteiger partial charge < -0.3 is 5.32 Å². The second-order valence-electron chi connectivity index (χ2n) is 3.90. The number of nitrogens with zero attached hydrogens (tertiary/aromatic N) is 1. The van der Waals surface area contributed by atoms with Crippen molar-refractivity contribution in [3.63, 3.8) is 0 Å². The van der Waals surface area contributed by atoms with E-state index < -0.39 is 0 Å². The number of rotatable bonds is 4. The van der Waals surface area contributed by atoms with E-state index in [9.17, 15) is 4.79 Å². The van der Waals surface area contributed by atoms with Crippen molar-refractivity contribution in [3.8, 4) is 0 Å². The third-order valence-electron chi connectivity index (χ3n) is 2.61. The van der Waals surface area contributed by atoms with E-state index in [-0.39, 0.29) is 5.91 Å². The Morgan fingerprint density at radius 2 is 2.50 bits per heavy atom. The zero-order valence-electron chi connectivity index (χ0n) is 8.34. The Hall–Kier alpha value is -1.32. The highest BCUT2D eigenvalue weighted by Crippen LogP contribution is 2.31. The van der Waals surface area contributed by atoms with Crippen molar-refractivity contribution in [2.75, 3.05) is 6.54 Å². The summed E-state index contributed by atoms with van der Waals surface area (Å²) in [4.78, 5) is 11.6. The molecule has 1 fully saturated rings. The van der Waals surface area contributed by atoms with Crippen LogP contribution in [0.1, 0.15) is 35.3 Å². The van der Waals surface area contributed by atoms with E-state index in [2.05, 4.69) is 15.5 Å². The van der Waals surface area contributed by atoms with Crippen molar-refractivity contribution in [1.29, 1.82) is 0 Å². The van der Waals surface area contributed by atoms with Crippen LogP contribution in [0.15, 0.2) is 6.20 Å². The second-order valence-corrected chi connectivity index (χ2v) is 3.90. The molecule has 4 nitrogen and oxygen atoms in total. The molecule has 0 spiro atoms. The van der Waals surface area contributed by atoms with Gasteiger partial charge in [0.2, 0.25) is 0 Å². The molecule has 2 rings (SSSR count). The first-order chi connectivity index (χ1) is 6.77. The number of nitrogens with one attached hydrogen (secondary N) is 2. The minimum atomic E-state index is -0.0168. The van der Waals surface area contributed by atoms with Crippen LogP contribution in [-0.2, 0) is 0 Å². The fraction of sp³-hybridized carbons (Fsp3) is 0.600. The predicted molar refractivity (Wildman–Crippen MR) is 53.0 cm³/mol. The number of carbonyl (C=O) groups excluding carboxylic acids is 1. The molecule has 0 radical (unpaired) electrons. The molecule has 1 heterocycles. The molecule has 0 saturated heterocycles. The van der Waals surface area contributed by atoms with Crippen molar-refractivity contribution in [3.05, 3.63) is 17.5 Å². The smallest absolute Gasteiger partial charge is 0.254 e. The molecule has 1 aliphatic carbocycles. The maximum absolute atomic E-state index is 11.6. The summed E-state index contributed by atoms with van der Waals surface area (Å²) in [5, 5.41) is 9.46. The Morgan fingerprint density at radius 1 is 1.71 bits per heavy atom. The zero-order valence-corrected chi connectivity index (χ0v) is 8.34. The third-order valence-corrected chi connectivity index (χ3v) is 2.61. The van der Waals surface area contributed by atoms with Crippen molar-refractivity contribution in [2.45, 2.75) is 26.2 Å². The molecular weight excluding hydrogens is 178 g/mol. The summed E-state index contributed by atoms with van der Waals surface area (Å²) in [5.74, 6) is 0.845. The van der Waals surface area contributed by atoms with Gasteiger partial charge in [0, 0.05) is 12.2 Å². The fourth-order valence-electron chi connectivity index (χ4n) is 1.47. The summed E-state index contributed by atoms with van der Waals surface area (Å²) in [7, 11) is 0. The van der Waals surface area contributed by atoms with Crippen molar-refractivity contribution in [2.24, 2.45) is 5.92 Å². The number of hydrogen-bond donors (Lipinski definition) is 2. The lowest BCUT2D eigenvalue weighted by atomic mass is 10.2. The van der Waals surface area contributed by atoms with E-state index in [1.54, 1.807) is 6.20 Å². The van der Waals surface area contributed by atoms with Crippen LogP contribution in [0, 0.1) is 12.8 Å². The van der Waals surface area contributed by atoms with E-state index in [1.807, 2.05) is 6.92 Å². The maximum atomic E-state index is 11.6. The van der Waals surface area contributed by atoms with Gasteiger partial charge in [-0.2, -0.15) is 5.10 Å². The van der Waals surface area contributed by atoms with Crippen LogP contribution in [0.25, 0.3) is 0 Å². The number of aromatic nitrogens is 2. The Labute approximate surface area is 83.1 Å². The van der Waals surface area contributed by atoms with E-state index in [1.165, 1.54) is 12.8 Å². The molecule has 0 atom stereocenters. The SMILES string of the molecule is Cc1[nH]ncc1C(=O)NCCC1CC1. The summed E-state index contributed by atoms with van der Waals surface area (Å²) in [6.07, 6.45) is 5.35. The molecule has 1 amide bonds. The average molecular weight is 193 g/mol. The van der Waals surface area contributed by atoms with Gasteiger partial charge >= 0.3 is 0 Å². The molecule has 0 unspecified atom stereocenters. The van der Waals surface area contributed by atoms with E-state index in [4.69, 9.17) is 0 Å². The van der Waals surface area contributed by atoms with Crippen LogP contribution in [0.2, 0.25) is 0 Å². The van der Waals surface area contributed by atoms with Gasteiger partial charge in [0.15, 0.2) is 0 Å². The Morgan fingerprint density at radius 3 is 3.07 bits per heavy atom. The Bertz CT molecular complexity index is 328. The highest BCUT2D eigenvalue weighted by atomic mass is 16.1. The van der Waals surface area contributed by atoms with Crippen LogP contribution < -0.4 is 5.32 Å². The lowest BCUT2D eigenvalue weighted by Crippen LogP contribution is -2.24. The summed E-state index contributed by atoms with van der Waals surface area (Å²) in [6, 6.07) is 0. The van der Waals surface area contributed by atoms with Crippen LogP contribution in [0.4, 0.5) is 0 Å². The van der Waals surface area contributed by atoms with Crippen molar-refractivity contribution < 1.29 is 4.79 Å². The number of carbonyl (C=O) groups is 1. The molecule has 0 aliphatic heterocycles. The number of hydrogen-bond acceptors (Lipinski definition) is 2. The monoisotopic (exact) mass is 193 g/mol. The third kappa shape index (κ3) is 2.13. The molecule has 1 aromatic rings. The first-order valence-corrected chi connectivity index (χ1v) is 5.05. The van der Waals surface area contributed by atoms with Gasteiger partial charge in [-0.05, 0) is 19.3 Å². The summed E-state index contributed by atoms with van der Waals surface area (Å²) in [5.41, 5.74) is 1.48. The van der Waals surface area contributed by atoms with Crippen LogP contribution in [0.3, 0.4) is 0 Å². The topological polar surface area (TPSA) is 57.8 Å². The number of aryl methyl sites for hydroxylation is 1. The highest BCUT2D eigenvalue weighted by Gasteiger charge is 2.20. The minimum Gasteiger partial charge on any atom is -0.352 e. The van der Waals surface area contributed by atoms with Crippen LogP contribution >= 0.6 is 0 Å². The van der Waals surface area contributed by atoms with Gasteiger partial charge in [-0.15, -0.1) is 0 Å². The Balaban J connectivity index is 1.79. The van der Waals surface area contributed by atoms with Gasteiger partial charge in [0.1, 0.15) is 0 Å². The largest absolute Gasteiger partial charge is 0.352 e. The summed E-state index contributed by atoms with van der Waals surface area (Å²) in [6.45, 7) is 2.64. The summed E-state index contributed by atoms with van der Waals surface area (Å²) >= 11 is 0. The average Bonchev–Trinajstić information content (AvgIpc) is 2.87. The van der Waals surface area contributed by atoms with Crippen LogP contribution in [-0.4, -0.2) is 22.6 Å². The molecule has 0 aromatic carbocycles. The van der Waals surface area contributed by atoms with Crippen molar-refractivity contribution in [1.82, 2.24) is 15.5 Å². The lowest BCUT2D eigenvalue weighted by molar-refractivity contribution is 0.0952. The molecule has 0 bridgehead atoms. The summed E-state index contributed by atoms with van der Waals surface area (Å²) < 4.78 is 0. The van der Waals surface area contributed by atoms with Crippen molar-refractivity contribution >= 4 is 5.91 Å². The van der Waals surface area contributed by atoms with Crippen LogP contribution in [0.5, 0.6) is 0 Å². The lowest BCUT2D eigenvalue weighted by Gasteiger charge is -2.02. The molecular formula is C10H15N3O. The zero-order chi connectivity index (χ0) is 9.97. The molecule has 4 heteroatoms. The molecule has 2 N–H and O–H groups in total. The standard InChI is InChI=1S/C10H15N3O/c1-7-9(6-12-13-7)10(14)11-5-4-8-2-3-8/h6,8H,2-5H2,1H3,(H,11,14)(H,12,13). The van der Waals surface area contributed by atoms with Gasteiger partial charge in [0.05, 0.1) is 11.8 Å². The second kappa shape index (κ2) is 3.82. The fourth-order valence-corrected chi connectivity index (χ4v) is 1.47. The first kappa shape index (κ1) is 9.24. The maximum Gasteiger partial charge on any atom is 0.254 e. The minimum absolute atomic E-state index is 0.0168. The first-order valence-electron chi connectivity index (χ1n) is 5.05. The number of H-pyrrole nitrogens is 1. The predicted octanol–water partition coefficient (Wildman–Crippen LogP) is 1.25. The normalized spacial score (nSPS) is 15.5. The molecule has 14 heavy (non-hydrogen) atoms. The molecule has 1 saturated carbocycles. The Kier molecular flexibility index (Phi) is 2.52. The number of aromatic amines is 1. The highest BCUT2D eigenvalue weighted by molar-refractivity contribution is 5.94.